The van der Waals surface area contributed by atoms with E-state index in [9.17, 15) is 0 Å². The van der Waals surface area contributed by atoms with Gasteiger partial charge in [-0.05, 0) is 47.0 Å². The van der Waals surface area contributed by atoms with Gasteiger partial charge in [-0.3, -0.25) is 4.99 Å². The number of unbranched alkanes of at least 4 members (excludes halogenated alkanes) is 1. The van der Waals surface area contributed by atoms with Crippen molar-refractivity contribution in [3.8, 4) is 0 Å². The van der Waals surface area contributed by atoms with Gasteiger partial charge in [0.1, 0.15) is 0 Å². The van der Waals surface area contributed by atoms with Crippen molar-refractivity contribution in [1.29, 1.82) is 0 Å². The molecule has 4 nitrogen and oxygen atoms in total. The van der Waals surface area contributed by atoms with Gasteiger partial charge in [-0.25, -0.2) is 4.98 Å². The van der Waals surface area contributed by atoms with Crippen molar-refractivity contribution in [2.45, 2.75) is 66.3 Å². The summed E-state index contributed by atoms with van der Waals surface area (Å²) in [5.41, 5.74) is 1.64. The van der Waals surface area contributed by atoms with Gasteiger partial charge in [0.05, 0.1) is 5.01 Å². The predicted molar refractivity (Wildman–Crippen MR) is 116 cm³/mol. The van der Waals surface area contributed by atoms with Gasteiger partial charge >= 0.3 is 0 Å². The zero-order chi connectivity index (χ0) is 17.1. The van der Waals surface area contributed by atoms with Gasteiger partial charge in [0.25, 0.3) is 0 Å². The van der Waals surface area contributed by atoms with Crippen LogP contribution in [0.4, 0.5) is 0 Å². The minimum atomic E-state index is 0. The normalized spacial score (nSPS) is 18.8. The predicted octanol–water partition coefficient (Wildman–Crippen LogP) is 4.48. The van der Waals surface area contributed by atoms with Crippen LogP contribution in [0.2, 0.25) is 0 Å². The Morgan fingerprint density at radius 1 is 1.33 bits per heavy atom. The van der Waals surface area contributed by atoms with Gasteiger partial charge in [-0.15, -0.1) is 35.3 Å². The topological polar surface area (TPSA) is 40.5 Å². The van der Waals surface area contributed by atoms with Gasteiger partial charge in [-0.1, -0.05) is 13.8 Å². The van der Waals surface area contributed by atoms with Crippen molar-refractivity contribution >= 4 is 41.3 Å². The Balaban J connectivity index is 0.00000288. The highest BCUT2D eigenvalue weighted by molar-refractivity contribution is 14.0. The smallest absolute Gasteiger partial charge is 0.194 e. The zero-order valence-electron chi connectivity index (χ0n) is 16.0. The number of nitrogens with zero attached hydrogens (tertiary/aromatic N) is 3. The second kappa shape index (κ2) is 8.83. The molecular weight excluding hydrogens is 431 g/mol. The molecule has 0 aromatic carbocycles. The lowest BCUT2D eigenvalue weighted by Crippen LogP contribution is -2.72. The van der Waals surface area contributed by atoms with E-state index in [4.69, 9.17) is 4.99 Å². The highest BCUT2D eigenvalue weighted by atomic mass is 127. The molecule has 138 valence electrons. The van der Waals surface area contributed by atoms with Crippen molar-refractivity contribution in [3.63, 3.8) is 0 Å². The number of hydrogen-bond acceptors (Lipinski definition) is 3. The first-order chi connectivity index (χ1) is 10.8. The summed E-state index contributed by atoms with van der Waals surface area (Å²) in [6.07, 6.45) is 3.35. The third-order valence-corrected chi connectivity index (χ3v) is 6.23. The van der Waals surface area contributed by atoms with Gasteiger partial charge in [-0.2, -0.15) is 0 Å². The maximum atomic E-state index is 4.85. The van der Waals surface area contributed by atoms with Crippen molar-refractivity contribution in [2.75, 3.05) is 19.6 Å². The fraction of sp³-hybridized carbons (Fsp3) is 0.778. The van der Waals surface area contributed by atoms with E-state index in [1.807, 2.05) is 0 Å². The van der Waals surface area contributed by atoms with Crippen LogP contribution < -0.4 is 5.32 Å². The number of aryl methyl sites for hydroxylation is 2. The third-order valence-electron chi connectivity index (χ3n) is 5.20. The highest BCUT2D eigenvalue weighted by Gasteiger charge is 2.53. The lowest BCUT2D eigenvalue weighted by molar-refractivity contribution is -0.0667. The summed E-state index contributed by atoms with van der Waals surface area (Å²) in [6, 6.07) is 0. The molecule has 1 aliphatic rings. The van der Waals surface area contributed by atoms with Crippen molar-refractivity contribution in [1.82, 2.24) is 15.2 Å². The van der Waals surface area contributed by atoms with E-state index in [1.54, 1.807) is 11.3 Å². The van der Waals surface area contributed by atoms with E-state index in [-0.39, 0.29) is 29.5 Å². The molecule has 0 saturated carbocycles. The van der Waals surface area contributed by atoms with Crippen molar-refractivity contribution in [2.24, 2.45) is 10.4 Å². The molecular formula is C18H33IN4S. The minimum absolute atomic E-state index is 0. The van der Waals surface area contributed by atoms with Crippen LogP contribution in [-0.2, 0) is 6.42 Å². The molecule has 0 unspecified atom stereocenters. The summed E-state index contributed by atoms with van der Waals surface area (Å²) in [6.45, 7) is 16.4. The number of hydrogen-bond donors (Lipinski definition) is 1. The second-order valence-corrected chi connectivity index (χ2v) is 8.55. The summed E-state index contributed by atoms with van der Waals surface area (Å²) in [5, 5.41) is 6.84. The van der Waals surface area contributed by atoms with Crippen LogP contribution in [0, 0.1) is 12.3 Å². The number of likely N-dealkylation sites (tertiary alicyclic amines) is 1. The molecule has 2 heterocycles. The average molecular weight is 464 g/mol. The van der Waals surface area contributed by atoms with Crippen LogP contribution in [0.5, 0.6) is 0 Å². The average Bonchev–Trinajstić information content (AvgIpc) is 2.89. The van der Waals surface area contributed by atoms with Crippen LogP contribution in [-0.4, -0.2) is 41.0 Å². The Morgan fingerprint density at radius 2 is 2.04 bits per heavy atom. The van der Waals surface area contributed by atoms with Crippen molar-refractivity contribution < 1.29 is 0 Å². The van der Waals surface area contributed by atoms with E-state index < -0.39 is 0 Å². The Kier molecular flexibility index (Phi) is 7.97. The molecule has 0 atom stereocenters. The molecule has 0 bridgehead atoms. The summed E-state index contributed by atoms with van der Waals surface area (Å²) in [4.78, 5) is 11.8. The summed E-state index contributed by atoms with van der Waals surface area (Å²) in [7, 11) is 0. The van der Waals surface area contributed by atoms with Gasteiger partial charge < -0.3 is 10.2 Å². The van der Waals surface area contributed by atoms with Crippen molar-refractivity contribution in [3.05, 3.63) is 16.1 Å². The quantitative estimate of drug-likeness (QED) is 0.292. The zero-order valence-corrected chi connectivity index (χ0v) is 19.1. The first-order valence-corrected chi connectivity index (χ1v) is 9.63. The molecule has 1 N–H and O–H groups in total. The lowest BCUT2D eigenvalue weighted by Gasteiger charge is -2.62. The molecule has 0 spiro atoms. The molecule has 0 amide bonds. The first-order valence-electron chi connectivity index (χ1n) is 8.75. The molecule has 1 fully saturated rings. The minimum Gasteiger partial charge on any atom is -0.356 e. The molecule has 6 heteroatoms. The number of guanidine groups is 1. The molecule has 1 aliphatic heterocycles. The maximum absolute atomic E-state index is 4.85. The maximum Gasteiger partial charge on any atom is 0.194 e. The Bertz CT molecular complexity index is 551. The molecule has 1 aromatic rings. The number of thiazole rings is 1. The first kappa shape index (κ1) is 21.7. The lowest BCUT2D eigenvalue weighted by atomic mass is 9.65. The summed E-state index contributed by atoms with van der Waals surface area (Å²) < 4.78 is 0. The van der Waals surface area contributed by atoms with Crippen LogP contribution in [0.25, 0.3) is 0 Å². The van der Waals surface area contributed by atoms with Gasteiger partial charge in [0.2, 0.25) is 0 Å². The summed E-state index contributed by atoms with van der Waals surface area (Å²) in [5.74, 6) is 1.07. The fourth-order valence-corrected chi connectivity index (χ4v) is 3.70. The number of rotatable bonds is 6. The SMILES string of the molecule is CCNC(=NCCCCc1nc(C)cs1)N1CC(C)(C)C1(C)C.I. The summed E-state index contributed by atoms with van der Waals surface area (Å²) >= 11 is 1.77. The second-order valence-electron chi connectivity index (χ2n) is 7.60. The molecule has 0 radical (unpaired) electrons. The van der Waals surface area contributed by atoms with E-state index in [0.717, 1.165) is 50.6 Å². The van der Waals surface area contributed by atoms with E-state index in [1.165, 1.54) is 5.01 Å². The number of nitrogens with one attached hydrogen (secondary N) is 1. The third kappa shape index (κ3) is 4.84. The fourth-order valence-electron chi connectivity index (χ4n) is 2.89. The number of aliphatic imine (C=N–C) groups is 1. The van der Waals surface area contributed by atoms with E-state index in [0.29, 0.717) is 5.41 Å². The van der Waals surface area contributed by atoms with Crippen LogP contribution in [0.1, 0.15) is 58.2 Å². The van der Waals surface area contributed by atoms with E-state index in [2.05, 4.69) is 62.1 Å². The Hall–Kier alpha value is -0.370. The van der Waals surface area contributed by atoms with Crippen LogP contribution >= 0.6 is 35.3 Å². The monoisotopic (exact) mass is 464 g/mol. The molecule has 0 aliphatic carbocycles. The molecule has 1 aromatic heterocycles. The standard InChI is InChI=1S/C18H32N4S.HI/c1-7-19-16(22-13-17(3,4)18(22,5)6)20-11-9-8-10-15-21-14(2)12-23-15;/h12H,7-11,13H2,1-6H3,(H,19,20);1H. The molecule has 24 heavy (non-hydrogen) atoms. The molecule has 2 rings (SSSR count). The van der Waals surface area contributed by atoms with Gasteiger partial charge in [0.15, 0.2) is 5.96 Å². The number of halogens is 1. The van der Waals surface area contributed by atoms with Crippen LogP contribution in [0.15, 0.2) is 10.4 Å². The Labute approximate surface area is 168 Å². The van der Waals surface area contributed by atoms with E-state index >= 15 is 0 Å². The van der Waals surface area contributed by atoms with Gasteiger partial charge in [0, 0.05) is 41.7 Å². The van der Waals surface area contributed by atoms with Crippen LogP contribution in [0.3, 0.4) is 0 Å². The highest BCUT2D eigenvalue weighted by Crippen LogP contribution is 2.46. The Morgan fingerprint density at radius 3 is 2.54 bits per heavy atom. The largest absolute Gasteiger partial charge is 0.356 e. The molecule has 1 saturated heterocycles. The number of aromatic nitrogens is 1.